The molecular formula is C6H5BrN2O3. The number of nitrogens with zero attached hydrogens (tertiary/aromatic N) is 1. The van der Waals surface area contributed by atoms with Crippen molar-refractivity contribution in [3.8, 4) is 0 Å². The summed E-state index contributed by atoms with van der Waals surface area (Å²) in [5, 5.41) is 10.4. The van der Waals surface area contributed by atoms with Gasteiger partial charge in [0.1, 0.15) is 0 Å². The van der Waals surface area contributed by atoms with Gasteiger partial charge in [0, 0.05) is 16.2 Å². The normalized spacial score (nSPS) is 9.83. The topological polar surface area (TPSA) is 76.0 Å². The summed E-state index contributed by atoms with van der Waals surface area (Å²) in [4.78, 5) is 22.8. The molecule has 0 atom stereocenters. The fourth-order valence-electron chi connectivity index (χ4n) is 0.809. The Hall–Kier alpha value is -1.17. The van der Waals surface area contributed by atoms with Crippen molar-refractivity contribution >= 4 is 21.6 Å². The highest BCUT2D eigenvalue weighted by molar-refractivity contribution is 9.10. The van der Waals surface area contributed by atoms with E-state index in [2.05, 4.69) is 20.9 Å². The van der Waals surface area contributed by atoms with Crippen LogP contribution in [0.2, 0.25) is 0 Å². The molecule has 12 heavy (non-hydrogen) atoms. The maximum Gasteiger partial charge on any atom is 0.337 e. The average Bonchev–Trinajstić information content (AvgIpc) is 1.97. The Morgan fingerprint density at radius 1 is 1.67 bits per heavy atom. The number of aromatic amines is 1. The number of rotatable bonds is 1. The first kappa shape index (κ1) is 8.92. The van der Waals surface area contributed by atoms with E-state index in [0.29, 0.717) is 10.0 Å². The monoisotopic (exact) mass is 232 g/mol. The zero-order valence-electron chi connectivity index (χ0n) is 6.13. The van der Waals surface area contributed by atoms with Crippen LogP contribution in [0.25, 0.3) is 0 Å². The summed E-state index contributed by atoms with van der Waals surface area (Å²) in [6.45, 7) is 1.51. The van der Waals surface area contributed by atoms with Crippen LogP contribution in [-0.2, 0) is 0 Å². The second-order valence-electron chi connectivity index (χ2n) is 2.20. The minimum atomic E-state index is -0.696. The fraction of sp³-hybridized carbons (Fsp3) is 0.167. The molecule has 0 aliphatic rings. The highest BCUT2D eigenvalue weighted by Crippen LogP contribution is 2.19. The van der Waals surface area contributed by atoms with Crippen LogP contribution in [-0.4, -0.2) is 9.91 Å². The molecule has 0 aliphatic carbocycles. The molecule has 5 nitrogen and oxygen atoms in total. The molecule has 0 radical (unpaired) electrons. The zero-order chi connectivity index (χ0) is 9.30. The molecule has 1 rings (SSSR count). The second-order valence-corrected chi connectivity index (χ2v) is 3.05. The van der Waals surface area contributed by atoms with E-state index in [-0.39, 0.29) is 0 Å². The van der Waals surface area contributed by atoms with Crippen LogP contribution in [0.1, 0.15) is 5.56 Å². The molecular weight excluding hydrogens is 228 g/mol. The largest absolute Gasteiger partial charge is 0.337 e. The Labute approximate surface area is 75.7 Å². The van der Waals surface area contributed by atoms with Gasteiger partial charge in [-0.25, -0.2) is 0 Å². The van der Waals surface area contributed by atoms with Crippen molar-refractivity contribution in [2.24, 2.45) is 0 Å². The van der Waals surface area contributed by atoms with Gasteiger partial charge >= 0.3 is 11.2 Å². The number of hydrogen-bond acceptors (Lipinski definition) is 3. The lowest BCUT2D eigenvalue weighted by molar-refractivity contribution is -0.387. The number of hydrogen-bond donors (Lipinski definition) is 1. The predicted octanol–water partition coefficient (Wildman–Crippen LogP) is 1.35. The molecule has 0 amide bonds. The van der Waals surface area contributed by atoms with Crippen LogP contribution in [0, 0.1) is 17.0 Å². The van der Waals surface area contributed by atoms with E-state index in [9.17, 15) is 14.9 Å². The van der Waals surface area contributed by atoms with Crippen LogP contribution in [0.5, 0.6) is 0 Å². The highest BCUT2D eigenvalue weighted by atomic mass is 79.9. The number of nitrogens with one attached hydrogen (secondary N) is 1. The van der Waals surface area contributed by atoms with Crippen molar-refractivity contribution in [3.05, 3.63) is 36.7 Å². The van der Waals surface area contributed by atoms with E-state index in [1.807, 2.05) is 0 Å². The Kier molecular flexibility index (Phi) is 2.27. The molecule has 1 aromatic rings. The third-order valence-corrected chi connectivity index (χ3v) is 2.26. The molecule has 0 aromatic carbocycles. The van der Waals surface area contributed by atoms with Gasteiger partial charge in [-0.1, -0.05) is 0 Å². The minimum Gasteiger partial charge on any atom is -0.322 e. The summed E-state index contributed by atoms with van der Waals surface area (Å²) in [5.74, 6) is 0. The Morgan fingerprint density at radius 2 is 2.25 bits per heavy atom. The Bertz CT molecular complexity index is 385. The van der Waals surface area contributed by atoms with Crippen molar-refractivity contribution in [2.45, 2.75) is 6.92 Å². The van der Waals surface area contributed by atoms with E-state index < -0.39 is 16.2 Å². The van der Waals surface area contributed by atoms with E-state index in [1.165, 1.54) is 13.1 Å². The molecule has 1 N–H and O–H groups in total. The molecule has 1 heterocycles. The van der Waals surface area contributed by atoms with Gasteiger partial charge in [0.05, 0.1) is 4.92 Å². The molecule has 0 spiro atoms. The number of halogens is 1. The molecule has 0 fully saturated rings. The van der Waals surface area contributed by atoms with Gasteiger partial charge in [0.2, 0.25) is 0 Å². The first-order valence-electron chi connectivity index (χ1n) is 3.06. The van der Waals surface area contributed by atoms with E-state index >= 15 is 0 Å². The summed E-state index contributed by atoms with van der Waals surface area (Å²) in [6.07, 6.45) is 1.38. The van der Waals surface area contributed by atoms with Crippen molar-refractivity contribution in [1.82, 2.24) is 4.98 Å². The Balaban J connectivity index is 3.54. The van der Waals surface area contributed by atoms with Crippen molar-refractivity contribution < 1.29 is 4.92 Å². The molecule has 64 valence electrons. The molecule has 6 heteroatoms. The number of aromatic nitrogens is 1. The van der Waals surface area contributed by atoms with Crippen LogP contribution in [0.3, 0.4) is 0 Å². The predicted molar refractivity (Wildman–Crippen MR) is 46.2 cm³/mol. The Morgan fingerprint density at radius 3 is 2.67 bits per heavy atom. The van der Waals surface area contributed by atoms with Crippen molar-refractivity contribution in [3.63, 3.8) is 0 Å². The van der Waals surface area contributed by atoms with Gasteiger partial charge in [-0.05, 0) is 22.9 Å². The molecule has 1 aromatic heterocycles. The summed E-state index contributed by atoms with van der Waals surface area (Å²) in [6, 6.07) is 0. The second kappa shape index (κ2) is 3.06. The molecule has 0 unspecified atom stereocenters. The van der Waals surface area contributed by atoms with Crippen LogP contribution in [0.4, 0.5) is 5.69 Å². The smallest absolute Gasteiger partial charge is 0.322 e. The van der Waals surface area contributed by atoms with Crippen LogP contribution >= 0.6 is 15.9 Å². The SMILES string of the molecule is Cc1c(Br)c[nH]c(=O)c1[N+](=O)[O-]. The average molecular weight is 233 g/mol. The summed E-state index contributed by atoms with van der Waals surface area (Å²) < 4.78 is 0.522. The number of pyridine rings is 1. The van der Waals surface area contributed by atoms with Gasteiger partial charge in [-0.3, -0.25) is 14.9 Å². The van der Waals surface area contributed by atoms with Gasteiger partial charge in [0.15, 0.2) is 0 Å². The maximum atomic E-state index is 10.9. The van der Waals surface area contributed by atoms with Gasteiger partial charge in [-0.2, -0.15) is 0 Å². The summed E-state index contributed by atoms with van der Waals surface area (Å²) in [5.41, 5.74) is -0.756. The zero-order valence-corrected chi connectivity index (χ0v) is 7.71. The van der Waals surface area contributed by atoms with Gasteiger partial charge in [-0.15, -0.1) is 0 Å². The standard InChI is InChI=1S/C6H5BrN2O3/c1-3-4(7)2-8-6(10)5(3)9(11)12/h2H,1H3,(H,8,10). The number of nitro groups is 1. The molecule has 0 aliphatic heterocycles. The third-order valence-electron chi connectivity index (χ3n) is 1.44. The highest BCUT2D eigenvalue weighted by Gasteiger charge is 2.17. The number of H-pyrrole nitrogens is 1. The van der Waals surface area contributed by atoms with Gasteiger partial charge < -0.3 is 4.98 Å². The first-order valence-corrected chi connectivity index (χ1v) is 3.85. The lowest BCUT2D eigenvalue weighted by atomic mass is 10.2. The maximum absolute atomic E-state index is 10.9. The van der Waals surface area contributed by atoms with Gasteiger partial charge in [0.25, 0.3) is 0 Å². The molecule has 0 saturated heterocycles. The first-order chi connectivity index (χ1) is 5.54. The quantitative estimate of drug-likeness (QED) is 0.587. The molecule has 0 bridgehead atoms. The van der Waals surface area contributed by atoms with Crippen LogP contribution < -0.4 is 5.56 Å². The fourth-order valence-corrected chi connectivity index (χ4v) is 1.11. The van der Waals surface area contributed by atoms with Crippen molar-refractivity contribution in [1.29, 1.82) is 0 Å². The lowest BCUT2D eigenvalue weighted by Gasteiger charge is -1.96. The van der Waals surface area contributed by atoms with Crippen molar-refractivity contribution in [2.75, 3.05) is 0 Å². The van der Waals surface area contributed by atoms with E-state index in [0.717, 1.165) is 0 Å². The summed E-state index contributed by atoms with van der Waals surface area (Å²) in [7, 11) is 0. The third kappa shape index (κ3) is 1.38. The van der Waals surface area contributed by atoms with Crippen LogP contribution in [0.15, 0.2) is 15.5 Å². The lowest BCUT2D eigenvalue weighted by Crippen LogP contribution is -2.12. The molecule has 0 saturated carbocycles. The van der Waals surface area contributed by atoms with E-state index in [1.54, 1.807) is 0 Å². The van der Waals surface area contributed by atoms with E-state index in [4.69, 9.17) is 0 Å². The minimum absolute atomic E-state index is 0.337. The summed E-state index contributed by atoms with van der Waals surface area (Å²) >= 11 is 3.07.